The molecule has 0 amide bonds. The molecule has 0 saturated heterocycles. The summed E-state index contributed by atoms with van der Waals surface area (Å²) in [6.45, 7) is 6.48. The normalized spacial score (nSPS) is 12.5. The van der Waals surface area contributed by atoms with Crippen LogP contribution in [0.25, 0.3) is 0 Å². The van der Waals surface area contributed by atoms with Gasteiger partial charge in [0.05, 0.1) is 0 Å². The smallest absolute Gasteiger partial charge is 0.306 e. The van der Waals surface area contributed by atoms with Crippen LogP contribution >= 0.6 is 0 Å². The summed E-state index contributed by atoms with van der Waals surface area (Å²) in [7, 11) is 0. The first-order valence-corrected chi connectivity index (χ1v) is 25.8. The standard InChI is InChI=1S/C55H96O6/c1-4-7-10-13-16-18-20-22-24-25-26-27-28-29-31-32-34-36-39-42-45-48-54(57)60-51-52(50-59-53(56)47-44-41-38-15-12-9-6-3)61-55(58)49-46-43-40-37-35-33-30-23-21-19-17-14-11-8-5-2/h7,10,16,18,22,24,26-27,29,31,52H,4-6,8-9,11-15,17,19-21,23,25,28,30,32-51H2,1-3H3/b10-7-,18-16-,24-22-,27-26-,31-29-. The second kappa shape index (κ2) is 49.8. The zero-order valence-corrected chi connectivity index (χ0v) is 40.2. The summed E-state index contributed by atoms with van der Waals surface area (Å²) in [5.74, 6) is -0.898. The SMILES string of the molecule is CC/C=C\C/C=C\C/C=C\C/C=C\C/C=C\CCCCCCCC(=O)OCC(COC(=O)CCCCCCCCC)OC(=O)CCCCCCCCCCCCCCCCC. The van der Waals surface area contributed by atoms with Gasteiger partial charge in [-0.2, -0.15) is 0 Å². The summed E-state index contributed by atoms with van der Waals surface area (Å²) in [6, 6.07) is 0. The summed E-state index contributed by atoms with van der Waals surface area (Å²) in [5.41, 5.74) is 0. The molecule has 0 aliphatic rings. The van der Waals surface area contributed by atoms with Gasteiger partial charge in [0.25, 0.3) is 0 Å². The Balaban J connectivity index is 4.27. The number of hydrogen-bond donors (Lipinski definition) is 0. The van der Waals surface area contributed by atoms with Crippen molar-refractivity contribution in [3.63, 3.8) is 0 Å². The third kappa shape index (κ3) is 48.0. The zero-order chi connectivity index (χ0) is 44.4. The van der Waals surface area contributed by atoms with E-state index in [0.29, 0.717) is 19.3 Å². The first-order chi connectivity index (χ1) is 30.0. The van der Waals surface area contributed by atoms with Gasteiger partial charge in [-0.15, -0.1) is 0 Å². The Kier molecular flexibility index (Phi) is 47.4. The van der Waals surface area contributed by atoms with Crippen LogP contribution in [0.1, 0.15) is 252 Å². The van der Waals surface area contributed by atoms with E-state index in [2.05, 4.69) is 81.5 Å². The van der Waals surface area contributed by atoms with E-state index in [4.69, 9.17) is 14.2 Å². The highest BCUT2D eigenvalue weighted by Gasteiger charge is 2.19. The lowest BCUT2D eigenvalue weighted by Crippen LogP contribution is -2.30. The predicted octanol–water partition coefficient (Wildman–Crippen LogP) is 16.9. The molecule has 0 rings (SSSR count). The Labute approximate surface area is 377 Å². The monoisotopic (exact) mass is 853 g/mol. The number of carbonyl (C=O) groups is 3. The van der Waals surface area contributed by atoms with Crippen LogP contribution in [0.4, 0.5) is 0 Å². The number of carbonyl (C=O) groups excluding carboxylic acids is 3. The van der Waals surface area contributed by atoms with Gasteiger partial charge < -0.3 is 14.2 Å². The highest BCUT2D eigenvalue weighted by atomic mass is 16.6. The number of rotatable bonds is 46. The highest BCUT2D eigenvalue weighted by molar-refractivity contribution is 5.71. The lowest BCUT2D eigenvalue weighted by Gasteiger charge is -2.18. The summed E-state index contributed by atoms with van der Waals surface area (Å²) >= 11 is 0. The summed E-state index contributed by atoms with van der Waals surface area (Å²) in [5, 5.41) is 0. The number of unbranched alkanes of at least 4 members (excludes halogenated alkanes) is 25. The third-order valence-corrected chi connectivity index (χ3v) is 11.0. The number of hydrogen-bond acceptors (Lipinski definition) is 6. The van der Waals surface area contributed by atoms with Crippen LogP contribution in [0.15, 0.2) is 60.8 Å². The Morgan fingerprint density at radius 1 is 0.344 bits per heavy atom. The Morgan fingerprint density at radius 3 is 1.00 bits per heavy atom. The van der Waals surface area contributed by atoms with Crippen LogP contribution in [0.2, 0.25) is 0 Å². The summed E-state index contributed by atoms with van der Waals surface area (Å²) < 4.78 is 16.7. The Hall–Kier alpha value is -2.89. The van der Waals surface area contributed by atoms with E-state index >= 15 is 0 Å². The molecule has 1 unspecified atom stereocenters. The fraction of sp³-hybridized carbons (Fsp3) is 0.764. The molecule has 352 valence electrons. The van der Waals surface area contributed by atoms with E-state index in [1.165, 1.54) is 103 Å². The second-order valence-electron chi connectivity index (χ2n) is 17.1. The minimum atomic E-state index is -0.776. The molecule has 0 fully saturated rings. The first-order valence-electron chi connectivity index (χ1n) is 25.8. The second-order valence-corrected chi connectivity index (χ2v) is 17.1. The van der Waals surface area contributed by atoms with Gasteiger partial charge in [0.2, 0.25) is 0 Å². The van der Waals surface area contributed by atoms with Crippen molar-refractivity contribution in [3.8, 4) is 0 Å². The topological polar surface area (TPSA) is 78.9 Å². The number of ether oxygens (including phenoxy) is 3. The van der Waals surface area contributed by atoms with Crippen LogP contribution in [-0.2, 0) is 28.6 Å². The molecular weight excluding hydrogens is 757 g/mol. The van der Waals surface area contributed by atoms with Gasteiger partial charge in [0, 0.05) is 19.3 Å². The van der Waals surface area contributed by atoms with Crippen molar-refractivity contribution in [1.29, 1.82) is 0 Å². The van der Waals surface area contributed by atoms with E-state index in [0.717, 1.165) is 109 Å². The molecular formula is C55H96O6. The fourth-order valence-corrected chi connectivity index (χ4v) is 7.17. The molecule has 0 spiro atoms. The molecule has 0 aromatic rings. The van der Waals surface area contributed by atoms with E-state index in [-0.39, 0.29) is 31.1 Å². The molecule has 0 bridgehead atoms. The fourth-order valence-electron chi connectivity index (χ4n) is 7.17. The molecule has 0 aromatic heterocycles. The largest absolute Gasteiger partial charge is 0.462 e. The van der Waals surface area contributed by atoms with Crippen molar-refractivity contribution in [2.75, 3.05) is 13.2 Å². The molecule has 0 heterocycles. The van der Waals surface area contributed by atoms with Gasteiger partial charge in [0.15, 0.2) is 6.10 Å². The van der Waals surface area contributed by atoms with Crippen molar-refractivity contribution >= 4 is 17.9 Å². The lowest BCUT2D eigenvalue weighted by molar-refractivity contribution is -0.167. The molecule has 0 N–H and O–H groups in total. The van der Waals surface area contributed by atoms with E-state index in [9.17, 15) is 14.4 Å². The van der Waals surface area contributed by atoms with Gasteiger partial charge in [-0.25, -0.2) is 0 Å². The zero-order valence-electron chi connectivity index (χ0n) is 40.2. The van der Waals surface area contributed by atoms with Gasteiger partial charge in [-0.3, -0.25) is 14.4 Å². The van der Waals surface area contributed by atoms with Crippen molar-refractivity contribution < 1.29 is 28.6 Å². The van der Waals surface area contributed by atoms with Crippen LogP contribution in [0.3, 0.4) is 0 Å². The highest BCUT2D eigenvalue weighted by Crippen LogP contribution is 2.15. The minimum Gasteiger partial charge on any atom is -0.462 e. The van der Waals surface area contributed by atoms with Crippen LogP contribution in [-0.4, -0.2) is 37.2 Å². The average Bonchev–Trinajstić information content (AvgIpc) is 3.26. The molecule has 0 aliphatic carbocycles. The van der Waals surface area contributed by atoms with Gasteiger partial charge >= 0.3 is 17.9 Å². The predicted molar refractivity (Wildman–Crippen MR) is 261 cm³/mol. The molecule has 61 heavy (non-hydrogen) atoms. The van der Waals surface area contributed by atoms with Crippen molar-refractivity contribution in [1.82, 2.24) is 0 Å². The van der Waals surface area contributed by atoms with Crippen LogP contribution in [0.5, 0.6) is 0 Å². The maximum absolute atomic E-state index is 12.8. The Bertz CT molecular complexity index is 1120. The molecule has 0 saturated carbocycles. The third-order valence-electron chi connectivity index (χ3n) is 11.0. The molecule has 1 atom stereocenters. The molecule has 6 nitrogen and oxygen atoms in total. The van der Waals surface area contributed by atoms with E-state index in [1.807, 2.05) is 0 Å². The minimum absolute atomic E-state index is 0.0783. The summed E-state index contributed by atoms with van der Waals surface area (Å²) in [6.07, 6.45) is 60.7. The van der Waals surface area contributed by atoms with Crippen molar-refractivity contribution in [2.24, 2.45) is 0 Å². The lowest BCUT2D eigenvalue weighted by atomic mass is 10.0. The maximum Gasteiger partial charge on any atom is 0.306 e. The number of allylic oxidation sites excluding steroid dienone is 10. The molecule has 0 radical (unpaired) electrons. The molecule has 0 aromatic carbocycles. The van der Waals surface area contributed by atoms with Gasteiger partial charge in [-0.05, 0) is 64.2 Å². The van der Waals surface area contributed by atoms with Crippen LogP contribution in [0, 0.1) is 0 Å². The first kappa shape index (κ1) is 58.1. The molecule has 0 aliphatic heterocycles. The van der Waals surface area contributed by atoms with Crippen LogP contribution < -0.4 is 0 Å². The quantitative estimate of drug-likeness (QED) is 0.0263. The maximum atomic E-state index is 12.8. The summed E-state index contributed by atoms with van der Waals surface area (Å²) in [4.78, 5) is 37.8. The van der Waals surface area contributed by atoms with Gasteiger partial charge in [0.1, 0.15) is 13.2 Å². The van der Waals surface area contributed by atoms with E-state index in [1.54, 1.807) is 0 Å². The van der Waals surface area contributed by atoms with Crippen molar-refractivity contribution in [3.05, 3.63) is 60.8 Å². The van der Waals surface area contributed by atoms with Gasteiger partial charge in [-0.1, -0.05) is 229 Å². The number of esters is 3. The molecule has 6 heteroatoms. The average molecular weight is 853 g/mol. The van der Waals surface area contributed by atoms with E-state index < -0.39 is 6.10 Å². The Morgan fingerprint density at radius 2 is 0.639 bits per heavy atom. The van der Waals surface area contributed by atoms with Crippen molar-refractivity contribution in [2.45, 2.75) is 258 Å².